The predicted molar refractivity (Wildman–Crippen MR) is 65.9 cm³/mol. The molecule has 0 fully saturated rings. The monoisotopic (exact) mass is 242 g/mol. The molecule has 2 aromatic rings. The van der Waals surface area contributed by atoms with Crippen LogP contribution in [0, 0.1) is 5.82 Å². The number of aliphatic carboxylic acids is 1. The minimum atomic E-state index is -0.869. The molecule has 1 unspecified atom stereocenters. The normalized spacial score (nSPS) is 16.2. The van der Waals surface area contributed by atoms with Crippen molar-refractivity contribution in [2.24, 2.45) is 0 Å². The van der Waals surface area contributed by atoms with Gasteiger partial charge in [0.25, 0.3) is 0 Å². The number of hydrogen-bond donors (Lipinski definition) is 1. The lowest BCUT2D eigenvalue weighted by Gasteiger charge is -2.10. The highest BCUT2D eigenvalue weighted by Gasteiger charge is 2.31. The van der Waals surface area contributed by atoms with Crippen molar-refractivity contribution in [1.82, 2.24) is 0 Å². The fraction of sp³-hybridized carbons (Fsp3) is 0.133. The van der Waals surface area contributed by atoms with E-state index in [0.29, 0.717) is 5.56 Å². The third-order valence-electron chi connectivity index (χ3n) is 3.41. The van der Waals surface area contributed by atoms with Crippen LogP contribution in [0.25, 0.3) is 11.1 Å². The van der Waals surface area contributed by atoms with E-state index in [4.69, 9.17) is 5.11 Å². The molecular weight excluding hydrogens is 231 g/mol. The number of halogens is 1. The Morgan fingerprint density at radius 2 is 1.83 bits per heavy atom. The summed E-state index contributed by atoms with van der Waals surface area (Å²) in [5, 5.41) is 9.00. The summed E-state index contributed by atoms with van der Waals surface area (Å²) in [5.41, 5.74) is 3.05. The Labute approximate surface area is 104 Å². The molecule has 3 heteroatoms. The first-order chi connectivity index (χ1) is 8.68. The molecule has 0 aliphatic heterocycles. The van der Waals surface area contributed by atoms with Crippen LogP contribution in [0.15, 0.2) is 42.5 Å². The van der Waals surface area contributed by atoms with Crippen molar-refractivity contribution in [1.29, 1.82) is 0 Å². The van der Waals surface area contributed by atoms with Crippen LogP contribution in [0.1, 0.15) is 23.5 Å². The molecule has 0 saturated heterocycles. The SMILES string of the molecule is O=C(O)CC1c2ccccc2-c2c(F)cccc21. The van der Waals surface area contributed by atoms with Gasteiger partial charge < -0.3 is 5.11 Å². The summed E-state index contributed by atoms with van der Waals surface area (Å²) in [6.07, 6.45) is -0.00648. The Morgan fingerprint density at radius 3 is 2.61 bits per heavy atom. The topological polar surface area (TPSA) is 37.3 Å². The molecule has 0 heterocycles. The summed E-state index contributed by atoms with van der Waals surface area (Å²) < 4.78 is 13.9. The molecule has 0 bridgehead atoms. The quantitative estimate of drug-likeness (QED) is 0.876. The van der Waals surface area contributed by atoms with Crippen LogP contribution < -0.4 is 0 Å². The third-order valence-corrected chi connectivity index (χ3v) is 3.41. The third kappa shape index (κ3) is 1.51. The molecule has 1 N–H and O–H groups in total. The molecule has 18 heavy (non-hydrogen) atoms. The lowest BCUT2D eigenvalue weighted by atomic mass is 9.94. The summed E-state index contributed by atoms with van der Waals surface area (Å²) >= 11 is 0. The van der Waals surface area contributed by atoms with Gasteiger partial charge in [0.05, 0.1) is 6.42 Å². The lowest BCUT2D eigenvalue weighted by molar-refractivity contribution is -0.137. The number of fused-ring (bicyclic) bond motifs is 3. The van der Waals surface area contributed by atoms with E-state index in [9.17, 15) is 9.18 Å². The van der Waals surface area contributed by atoms with E-state index < -0.39 is 5.97 Å². The number of benzene rings is 2. The van der Waals surface area contributed by atoms with Crippen LogP contribution in [0.4, 0.5) is 4.39 Å². The van der Waals surface area contributed by atoms with Crippen LogP contribution >= 0.6 is 0 Å². The summed E-state index contributed by atoms with van der Waals surface area (Å²) in [5.74, 6) is -1.40. The second-order valence-corrected chi connectivity index (χ2v) is 4.44. The first kappa shape index (κ1) is 11.0. The van der Waals surface area contributed by atoms with E-state index in [1.165, 1.54) is 6.07 Å². The first-order valence-corrected chi connectivity index (χ1v) is 5.78. The minimum Gasteiger partial charge on any atom is -0.481 e. The summed E-state index contributed by atoms with van der Waals surface area (Å²) in [6.45, 7) is 0. The van der Waals surface area contributed by atoms with Gasteiger partial charge in [-0.3, -0.25) is 4.79 Å². The molecular formula is C15H11FO2. The second-order valence-electron chi connectivity index (χ2n) is 4.44. The van der Waals surface area contributed by atoms with Crippen molar-refractivity contribution in [3.05, 3.63) is 59.4 Å². The molecule has 1 aliphatic carbocycles. The van der Waals surface area contributed by atoms with Crippen LogP contribution in [0.2, 0.25) is 0 Å². The van der Waals surface area contributed by atoms with Gasteiger partial charge in [0.15, 0.2) is 0 Å². The number of carboxylic acids is 1. The van der Waals surface area contributed by atoms with Crippen molar-refractivity contribution in [2.75, 3.05) is 0 Å². The van der Waals surface area contributed by atoms with Gasteiger partial charge in [0, 0.05) is 11.5 Å². The summed E-state index contributed by atoms with van der Waals surface area (Å²) in [6, 6.07) is 12.3. The highest BCUT2D eigenvalue weighted by molar-refractivity contribution is 5.82. The van der Waals surface area contributed by atoms with Gasteiger partial charge in [0.1, 0.15) is 5.82 Å². The second kappa shape index (κ2) is 3.95. The van der Waals surface area contributed by atoms with Gasteiger partial charge in [-0.25, -0.2) is 4.39 Å². The minimum absolute atomic E-state index is 0.00648. The van der Waals surface area contributed by atoms with Gasteiger partial charge in [-0.2, -0.15) is 0 Å². The average Bonchev–Trinajstić information content (AvgIpc) is 2.65. The maximum absolute atomic E-state index is 13.9. The van der Waals surface area contributed by atoms with E-state index in [0.717, 1.165) is 16.7 Å². The maximum atomic E-state index is 13.9. The number of rotatable bonds is 2. The maximum Gasteiger partial charge on any atom is 0.304 e. The van der Waals surface area contributed by atoms with Gasteiger partial charge in [-0.15, -0.1) is 0 Å². The lowest BCUT2D eigenvalue weighted by Crippen LogP contribution is -2.05. The van der Waals surface area contributed by atoms with E-state index in [2.05, 4.69) is 0 Å². The highest BCUT2D eigenvalue weighted by atomic mass is 19.1. The smallest absolute Gasteiger partial charge is 0.304 e. The molecule has 0 spiro atoms. The standard InChI is InChI=1S/C15H11FO2/c16-13-7-3-6-11-12(8-14(17)18)9-4-1-2-5-10(9)15(11)13/h1-7,12H,8H2,(H,17,18). The average molecular weight is 242 g/mol. The van der Waals surface area contributed by atoms with Crippen molar-refractivity contribution in [3.63, 3.8) is 0 Å². The summed E-state index contributed by atoms with van der Waals surface area (Å²) in [4.78, 5) is 11.0. The van der Waals surface area contributed by atoms with E-state index in [-0.39, 0.29) is 18.2 Å². The molecule has 0 amide bonds. The van der Waals surface area contributed by atoms with Gasteiger partial charge in [-0.1, -0.05) is 36.4 Å². The highest BCUT2D eigenvalue weighted by Crippen LogP contribution is 2.47. The predicted octanol–water partition coefficient (Wildman–Crippen LogP) is 3.41. The molecule has 2 nitrogen and oxygen atoms in total. The number of carboxylic acid groups (broad SMARTS) is 1. The van der Waals surface area contributed by atoms with Crippen LogP contribution in [0.5, 0.6) is 0 Å². The molecule has 0 saturated carbocycles. The van der Waals surface area contributed by atoms with E-state index in [1.807, 2.05) is 30.3 Å². The van der Waals surface area contributed by atoms with E-state index >= 15 is 0 Å². The zero-order chi connectivity index (χ0) is 12.7. The first-order valence-electron chi connectivity index (χ1n) is 5.78. The van der Waals surface area contributed by atoms with Crippen LogP contribution in [0.3, 0.4) is 0 Å². The Hall–Kier alpha value is -2.16. The molecule has 90 valence electrons. The van der Waals surface area contributed by atoms with Crippen molar-refractivity contribution >= 4 is 5.97 Å². The fourth-order valence-corrected chi connectivity index (χ4v) is 2.71. The van der Waals surface area contributed by atoms with Crippen molar-refractivity contribution < 1.29 is 14.3 Å². The van der Waals surface area contributed by atoms with E-state index in [1.54, 1.807) is 6.07 Å². The Balaban J connectivity index is 2.25. The van der Waals surface area contributed by atoms with Gasteiger partial charge in [-0.05, 0) is 22.8 Å². The number of hydrogen-bond acceptors (Lipinski definition) is 1. The molecule has 1 aliphatic rings. The van der Waals surface area contributed by atoms with Gasteiger partial charge in [0.2, 0.25) is 0 Å². The Bertz CT molecular complexity index is 634. The zero-order valence-electron chi connectivity index (χ0n) is 9.56. The van der Waals surface area contributed by atoms with Crippen LogP contribution in [-0.4, -0.2) is 11.1 Å². The molecule has 0 aromatic heterocycles. The molecule has 2 aromatic carbocycles. The van der Waals surface area contributed by atoms with Crippen molar-refractivity contribution in [2.45, 2.75) is 12.3 Å². The molecule has 0 radical (unpaired) electrons. The molecule has 3 rings (SSSR count). The van der Waals surface area contributed by atoms with Crippen LogP contribution in [-0.2, 0) is 4.79 Å². The largest absolute Gasteiger partial charge is 0.481 e. The van der Waals surface area contributed by atoms with Crippen molar-refractivity contribution in [3.8, 4) is 11.1 Å². The summed E-state index contributed by atoms with van der Waals surface area (Å²) in [7, 11) is 0. The van der Waals surface area contributed by atoms with Gasteiger partial charge >= 0.3 is 5.97 Å². The molecule has 1 atom stereocenters. The Morgan fingerprint density at radius 1 is 1.11 bits per heavy atom. The fourth-order valence-electron chi connectivity index (χ4n) is 2.71. The Kier molecular flexibility index (Phi) is 2.40. The zero-order valence-corrected chi connectivity index (χ0v) is 9.56. The number of carbonyl (C=O) groups is 1.